The quantitative estimate of drug-likeness (QED) is 0.399. The first-order chi connectivity index (χ1) is 15.1. The van der Waals surface area contributed by atoms with Crippen molar-refractivity contribution in [3.63, 3.8) is 0 Å². The number of nitrogens with zero attached hydrogens (tertiary/aromatic N) is 2. The number of carbonyl (C=O) groups is 2. The molecule has 0 aliphatic rings. The fourth-order valence-electron chi connectivity index (χ4n) is 3.42. The average Bonchev–Trinajstić information content (AvgIpc) is 2.75. The van der Waals surface area contributed by atoms with E-state index in [0.717, 1.165) is 0 Å². The molecule has 0 saturated heterocycles. The molecule has 2 aromatic rings. The van der Waals surface area contributed by atoms with Crippen molar-refractivity contribution in [3.05, 3.63) is 72.8 Å². The Balaban J connectivity index is 2.24. The van der Waals surface area contributed by atoms with Gasteiger partial charge in [0.2, 0.25) is 0 Å². The van der Waals surface area contributed by atoms with Crippen LogP contribution in [-0.4, -0.2) is 50.4 Å². The van der Waals surface area contributed by atoms with Gasteiger partial charge in [-0.3, -0.25) is 9.10 Å². The standard InChI is InChI=1S/C24H30N2O5S/c1-6-15-25(21-12-8-7-9-13-21)32(29,30)22-14-10-11-20(16-22)24(28)31-17-23(27)26(18(2)3)19(4)5/h6-14,16,18-19H,1,15,17H2,2-5H3. The number of para-hydroxylation sites is 1. The Morgan fingerprint density at radius 2 is 1.62 bits per heavy atom. The van der Waals surface area contributed by atoms with E-state index in [1.165, 1.54) is 34.6 Å². The van der Waals surface area contributed by atoms with E-state index in [-0.39, 0.29) is 35.0 Å². The summed E-state index contributed by atoms with van der Waals surface area (Å²) in [5.74, 6) is -1.08. The summed E-state index contributed by atoms with van der Waals surface area (Å²) in [6, 6.07) is 14.1. The second-order valence-corrected chi connectivity index (χ2v) is 9.62. The number of benzene rings is 2. The summed E-state index contributed by atoms with van der Waals surface area (Å²) < 4.78 is 32.9. The zero-order valence-corrected chi connectivity index (χ0v) is 19.7. The van der Waals surface area contributed by atoms with Crippen molar-refractivity contribution in [2.75, 3.05) is 17.5 Å². The van der Waals surface area contributed by atoms with Crippen LogP contribution in [0.2, 0.25) is 0 Å². The number of esters is 1. The number of carbonyl (C=O) groups excluding carboxylic acids is 2. The highest BCUT2D eigenvalue weighted by Crippen LogP contribution is 2.24. The molecule has 32 heavy (non-hydrogen) atoms. The number of amides is 1. The Kier molecular flexibility index (Phi) is 8.60. The molecule has 0 fully saturated rings. The van der Waals surface area contributed by atoms with Gasteiger partial charge in [0.1, 0.15) is 0 Å². The molecule has 8 heteroatoms. The van der Waals surface area contributed by atoms with Crippen molar-refractivity contribution in [2.24, 2.45) is 0 Å². The largest absolute Gasteiger partial charge is 0.452 e. The van der Waals surface area contributed by atoms with Crippen LogP contribution in [0.5, 0.6) is 0 Å². The highest BCUT2D eigenvalue weighted by Gasteiger charge is 2.26. The van der Waals surface area contributed by atoms with E-state index in [4.69, 9.17) is 4.74 Å². The predicted octanol–water partition coefficient (Wildman–Crippen LogP) is 3.87. The van der Waals surface area contributed by atoms with Crippen LogP contribution in [0.25, 0.3) is 0 Å². The number of rotatable bonds is 10. The molecule has 0 aromatic heterocycles. The molecular weight excluding hydrogens is 428 g/mol. The Labute approximate surface area is 190 Å². The zero-order valence-electron chi connectivity index (χ0n) is 18.9. The Morgan fingerprint density at radius 1 is 1.00 bits per heavy atom. The van der Waals surface area contributed by atoms with Gasteiger partial charge in [-0.1, -0.05) is 30.3 Å². The Morgan fingerprint density at radius 3 is 2.19 bits per heavy atom. The summed E-state index contributed by atoms with van der Waals surface area (Å²) in [6.45, 7) is 10.8. The zero-order chi connectivity index (χ0) is 23.9. The van der Waals surface area contributed by atoms with E-state index in [1.54, 1.807) is 35.2 Å². The molecular formula is C24H30N2O5S. The fraction of sp³-hybridized carbons (Fsp3) is 0.333. The van der Waals surface area contributed by atoms with Gasteiger partial charge in [0.25, 0.3) is 15.9 Å². The maximum absolute atomic E-state index is 13.3. The average molecular weight is 459 g/mol. The van der Waals surface area contributed by atoms with Gasteiger partial charge < -0.3 is 9.64 Å². The molecule has 0 aliphatic carbocycles. The molecule has 1 amide bonds. The molecule has 7 nitrogen and oxygen atoms in total. The molecule has 0 atom stereocenters. The van der Waals surface area contributed by atoms with Gasteiger partial charge in [-0.25, -0.2) is 13.2 Å². The second kappa shape index (κ2) is 10.9. The van der Waals surface area contributed by atoms with Crippen LogP contribution < -0.4 is 4.31 Å². The first-order valence-corrected chi connectivity index (χ1v) is 11.8. The minimum atomic E-state index is -3.96. The Bertz CT molecular complexity index is 1040. The minimum Gasteiger partial charge on any atom is -0.452 e. The third kappa shape index (κ3) is 5.97. The van der Waals surface area contributed by atoms with Crippen molar-refractivity contribution >= 4 is 27.6 Å². The van der Waals surface area contributed by atoms with Crippen LogP contribution in [0, 0.1) is 0 Å². The molecule has 0 bridgehead atoms. The summed E-state index contributed by atoms with van der Waals surface area (Å²) >= 11 is 0. The molecule has 0 unspecified atom stereocenters. The SMILES string of the molecule is C=CCN(c1ccccc1)S(=O)(=O)c1cccc(C(=O)OCC(=O)N(C(C)C)C(C)C)c1. The van der Waals surface area contributed by atoms with Crippen molar-refractivity contribution in [3.8, 4) is 0 Å². The number of anilines is 1. The second-order valence-electron chi connectivity index (χ2n) is 7.75. The van der Waals surface area contributed by atoms with Gasteiger partial charge in [0.05, 0.1) is 22.7 Å². The summed E-state index contributed by atoms with van der Waals surface area (Å²) in [5.41, 5.74) is 0.527. The van der Waals surface area contributed by atoms with Crippen LogP contribution in [0.15, 0.2) is 72.1 Å². The van der Waals surface area contributed by atoms with Crippen molar-refractivity contribution in [1.29, 1.82) is 0 Å². The van der Waals surface area contributed by atoms with Gasteiger partial charge >= 0.3 is 5.97 Å². The van der Waals surface area contributed by atoms with Crippen molar-refractivity contribution in [1.82, 2.24) is 4.90 Å². The maximum Gasteiger partial charge on any atom is 0.338 e. The monoisotopic (exact) mass is 458 g/mol. The lowest BCUT2D eigenvalue weighted by atomic mass is 10.2. The van der Waals surface area contributed by atoms with Gasteiger partial charge in [0.15, 0.2) is 6.61 Å². The normalized spacial score (nSPS) is 11.3. The molecule has 0 radical (unpaired) electrons. The van der Waals surface area contributed by atoms with Gasteiger partial charge in [-0.2, -0.15) is 0 Å². The van der Waals surface area contributed by atoms with E-state index in [9.17, 15) is 18.0 Å². The van der Waals surface area contributed by atoms with Crippen LogP contribution in [0.3, 0.4) is 0 Å². The van der Waals surface area contributed by atoms with Gasteiger partial charge in [-0.15, -0.1) is 6.58 Å². The molecule has 0 N–H and O–H groups in total. The van der Waals surface area contributed by atoms with E-state index >= 15 is 0 Å². The molecule has 0 saturated carbocycles. The predicted molar refractivity (Wildman–Crippen MR) is 125 cm³/mol. The highest BCUT2D eigenvalue weighted by molar-refractivity contribution is 7.92. The van der Waals surface area contributed by atoms with E-state index in [0.29, 0.717) is 5.69 Å². The fourth-order valence-corrected chi connectivity index (χ4v) is 4.90. The first-order valence-electron chi connectivity index (χ1n) is 10.4. The number of hydrogen-bond acceptors (Lipinski definition) is 5. The highest BCUT2D eigenvalue weighted by atomic mass is 32.2. The molecule has 172 valence electrons. The molecule has 2 aromatic carbocycles. The summed E-state index contributed by atoms with van der Waals surface area (Å²) in [6.07, 6.45) is 1.49. The molecule has 0 heterocycles. The Hall–Kier alpha value is -3.13. The maximum atomic E-state index is 13.3. The third-order valence-corrected chi connectivity index (χ3v) is 6.51. The number of sulfonamides is 1. The van der Waals surface area contributed by atoms with Gasteiger partial charge in [-0.05, 0) is 58.0 Å². The van der Waals surface area contributed by atoms with Crippen molar-refractivity contribution < 1.29 is 22.7 Å². The van der Waals surface area contributed by atoms with E-state index in [1.807, 2.05) is 27.7 Å². The third-order valence-electron chi connectivity index (χ3n) is 4.72. The lowest BCUT2D eigenvalue weighted by Crippen LogP contribution is -2.44. The van der Waals surface area contributed by atoms with E-state index in [2.05, 4.69) is 6.58 Å². The topological polar surface area (TPSA) is 84.0 Å². The number of ether oxygens (including phenoxy) is 1. The van der Waals surface area contributed by atoms with Crippen molar-refractivity contribution in [2.45, 2.75) is 44.7 Å². The smallest absolute Gasteiger partial charge is 0.338 e. The van der Waals surface area contributed by atoms with Crippen LogP contribution in [0.1, 0.15) is 38.1 Å². The number of hydrogen-bond donors (Lipinski definition) is 0. The van der Waals surface area contributed by atoms with E-state index < -0.39 is 22.6 Å². The molecule has 0 spiro atoms. The molecule has 0 aliphatic heterocycles. The molecule has 2 rings (SSSR count). The van der Waals surface area contributed by atoms with Gasteiger partial charge in [0, 0.05) is 12.1 Å². The summed E-state index contributed by atoms with van der Waals surface area (Å²) in [4.78, 5) is 26.5. The minimum absolute atomic E-state index is 0.0384. The lowest BCUT2D eigenvalue weighted by molar-refractivity contribution is -0.138. The first kappa shape index (κ1) is 25.1. The van der Waals surface area contributed by atoms with Crippen LogP contribution in [-0.2, 0) is 19.6 Å². The summed E-state index contributed by atoms with van der Waals surface area (Å²) in [5, 5.41) is 0. The van der Waals surface area contributed by atoms with Crippen LogP contribution >= 0.6 is 0 Å². The van der Waals surface area contributed by atoms with Crippen LogP contribution in [0.4, 0.5) is 5.69 Å². The lowest BCUT2D eigenvalue weighted by Gasteiger charge is -2.30. The summed E-state index contributed by atoms with van der Waals surface area (Å²) in [7, 11) is -3.96.